The van der Waals surface area contributed by atoms with Crippen molar-refractivity contribution in [1.29, 1.82) is 0 Å². The van der Waals surface area contributed by atoms with E-state index in [1.807, 2.05) is 22.4 Å². The number of phenols is 1. The molecule has 0 bridgehead atoms. The summed E-state index contributed by atoms with van der Waals surface area (Å²) in [5.74, 6) is -5.51. The summed E-state index contributed by atoms with van der Waals surface area (Å²) in [5, 5.41) is 41.0. The minimum atomic E-state index is -5.08. The van der Waals surface area contributed by atoms with E-state index in [1.54, 1.807) is 12.1 Å². The Balaban J connectivity index is 0.000000488. The lowest BCUT2D eigenvalue weighted by Gasteiger charge is -2.47. The van der Waals surface area contributed by atoms with Crippen molar-refractivity contribution < 1.29 is 70.3 Å². The molecule has 23 heteroatoms. The number of aromatic amines is 1. The number of ether oxygens (including phenoxy) is 1. The number of amides is 1. The predicted octanol–water partition coefficient (Wildman–Crippen LogP) is 5.65. The fourth-order valence-corrected chi connectivity index (χ4v) is 8.04. The Labute approximate surface area is 345 Å². The van der Waals surface area contributed by atoms with Gasteiger partial charge in [0.15, 0.2) is 0 Å². The van der Waals surface area contributed by atoms with Crippen LogP contribution < -0.4 is 10.2 Å². The van der Waals surface area contributed by atoms with Gasteiger partial charge in [-0.25, -0.2) is 19.0 Å². The van der Waals surface area contributed by atoms with Gasteiger partial charge >= 0.3 is 29.2 Å². The van der Waals surface area contributed by atoms with Crippen molar-refractivity contribution in [3.63, 3.8) is 0 Å². The Hall–Kier alpha value is -4.68. The predicted molar refractivity (Wildman–Crippen MR) is 205 cm³/mol. The van der Waals surface area contributed by atoms with E-state index in [4.69, 9.17) is 24.5 Å². The van der Waals surface area contributed by atoms with Crippen molar-refractivity contribution in [3.05, 3.63) is 78.6 Å². The van der Waals surface area contributed by atoms with Crippen molar-refractivity contribution in [2.45, 2.75) is 69.6 Å². The number of carboxylic acids is 2. The third kappa shape index (κ3) is 12.9. The number of alkyl halides is 6. The van der Waals surface area contributed by atoms with Gasteiger partial charge in [0.25, 0.3) is 5.91 Å². The Kier molecular flexibility index (Phi) is 16.2. The van der Waals surface area contributed by atoms with Crippen LogP contribution in [0.15, 0.2) is 40.5 Å². The lowest BCUT2D eigenvalue weighted by atomic mass is 9.89. The first-order valence-corrected chi connectivity index (χ1v) is 19.9. The first-order chi connectivity index (χ1) is 28.0. The zero-order chi connectivity index (χ0) is 44.6. The number of likely N-dealkylation sites (tertiary alicyclic amines) is 1. The van der Waals surface area contributed by atoms with E-state index < -0.39 is 30.4 Å². The second-order valence-corrected chi connectivity index (χ2v) is 16.0. The number of hydrogen-bond donors (Lipinski definition) is 6. The average Bonchev–Trinajstić information content (AvgIpc) is 3.83. The zero-order valence-corrected chi connectivity index (χ0v) is 33.7. The zero-order valence-electron chi connectivity index (χ0n) is 32.0. The molecule has 6 rings (SSSR count). The summed E-state index contributed by atoms with van der Waals surface area (Å²) in [7, 11) is 0. The van der Waals surface area contributed by atoms with Crippen LogP contribution in [0.2, 0.25) is 0 Å². The highest BCUT2D eigenvalue weighted by Crippen LogP contribution is 2.33. The van der Waals surface area contributed by atoms with Gasteiger partial charge in [0, 0.05) is 55.1 Å². The van der Waals surface area contributed by atoms with Crippen LogP contribution in [0.25, 0.3) is 10.2 Å². The number of nitrogens with zero attached hydrogens (tertiary/aromatic N) is 3. The van der Waals surface area contributed by atoms with E-state index in [0.717, 1.165) is 42.3 Å². The molecule has 0 radical (unpaired) electrons. The van der Waals surface area contributed by atoms with Gasteiger partial charge in [0.05, 0.1) is 34.6 Å². The number of carbonyl (C=O) groups is 3. The number of hydrogen-bond acceptors (Lipinski definition) is 12. The normalized spacial score (nSPS) is 16.2. The molecular formula is C37H42F7N5O9S2. The number of rotatable bonds is 10. The number of aliphatic hydroxyl groups excluding tert-OH is 1. The Morgan fingerprint density at radius 2 is 1.62 bits per heavy atom. The number of aromatic nitrogens is 2. The molecule has 1 spiro atoms. The molecule has 4 heterocycles. The summed E-state index contributed by atoms with van der Waals surface area (Å²) in [4.78, 5) is 53.8. The van der Waals surface area contributed by atoms with Gasteiger partial charge in [0.1, 0.15) is 22.8 Å². The maximum atomic E-state index is 15.6. The maximum Gasteiger partial charge on any atom is 0.490 e. The molecular weight excluding hydrogens is 856 g/mol. The molecule has 1 atom stereocenters. The third-order valence-corrected chi connectivity index (χ3v) is 11.5. The van der Waals surface area contributed by atoms with E-state index >= 15 is 4.39 Å². The largest absolute Gasteiger partial charge is 0.506 e. The van der Waals surface area contributed by atoms with Crippen LogP contribution in [0.5, 0.6) is 5.75 Å². The number of halogens is 7. The first-order valence-electron chi connectivity index (χ1n) is 18.2. The number of carbonyl (C=O) groups excluding carboxylic acids is 1. The number of aromatic hydroxyl groups is 1. The van der Waals surface area contributed by atoms with E-state index in [9.17, 15) is 46.1 Å². The molecule has 2 fully saturated rings. The summed E-state index contributed by atoms with van der Waals surface area (Å²) in [6.45, 7) is 8.43. The van der Waals surface area contributed by atoms with Gasteiger partial charge in [-0.3, -0.25) is 14.5 Å². The molecule has 0 unspecified atom stereocenters. The number of morpholine rings is 1. The summed E-state index contributed by atoms with van der Waals surface area (Å²) >= 11 is 2.48. The molecule has 330 valence electrons. The van der Waals surface area contributed by atoms with Crippen LogP contribution >= 0.6 is 22.7 Å². The summed E-state index contributed by atoms with van der Waals surface area (Å²) in [6.07, 6.45) is -9.07. The molecule has 2 saturated heterocycles. The SMILES string of the molecule is CC(C)c1nc(C(=O)N2CCOC3(CCN(Cc4cccc(CCNC[C@H](O)c5ccc(O)c6[nH]c(=O)sc56)c4F)CC3)C2)cs1.O=C(O)C(F)(F)F.O=C(O)C(F)(F)F. The van der Waals surface area contributed by atoms with Gasteiger partial charge in [-0.15, -0.1) is 11.3 Å². The molecule has 2 aliphatic rings. The molecule has 60 heavy (non-hydrogen) atoms. The Morgan fingerprint density at radius 1 is 1.00 bits per heavy atom. The highest BCUT2D eigenvalue weighted by molar-refractivity contribution is 7.16. The van der Waals surface area contributed by atoms with Crippen molar-refractivity contribution >= 4 is 50.7 Å². The van der Waals surface area contributed by atoms with Crippen LogP contribution in [0.1, 0.15) is 70.9 Å². The van der Waals surface area contributed by atoms with Crippen LogP contribution in [0.3, 0.4) is 0 Å². The molecule has 2 aromatic heterocycles. The van der Waals surface area contributed by atoms with Gasteiger partial charge in [-0.05, 0) is 37.4 Å². The second kappa shape index (κ2) is 20.3. The maximum absolute atomic E-state index is 15.6. The number of nitrogens with one attached hydrogen (secondary N) is 2. The van der Waals surface area contributed by atoms with Gasteiger partial charge in [-0.1, -0.05) is 49.4 Å². The monoisotopic (exact) mass is 897 g/mol. The molecule has 1 amide bonds. The fraction of sp³-hybridized carbons (Fsp3) is 0.486. The van der Waals surface area contributed by atoms with Gasteiger partial charge < -0.3 is 40.4 Å². The van der Waals surface area contributed by atoms with Crippen molar-refractivity contribution in [3.8, 4) is 5.75 Å². The van der Waals surface area contributed by atoms with Crippen molar-refractivity contribution in [1.82, 2.24) is 25.1 Å². The van der Waals surface area contributed by atoms with E-state index in [0.29, 0.717) is 77.7 Å². The number of thiazole rings is 2. The smallest absolute Gasteiger partial charge is 0.490 e. The number of aliphatic hydroxyl groups is 1. The minimum absolute atomic E-state index is 0.0345. The second-order valence-electron chi connectivity index (χ2n) is 14.1. The van der Waals surface area contributed by atoms with E-state index in [1.165, 1.54) is 17.4 Å². The van der Waals surface area contributed by atoms with Crippen molar-refractivity contribution in [2.75, 3.05) is 45.9 Å². The van der Waals surface area contributed by atoms with Crippen LogP contribution in [0.4, 0.5) is 30.7 Å². The molecule has 6 N–H and O–H groups in total. The molecule has 2 aromatic carbocycles. The third-order valence-electron chi connectivity index (χ3n) is 9.43. The number of piperidine rings is 1. The first kappa shape index (κ1) is 48.0. The highest BCUT2D eigenvalue weighted by atomic mass is 32.1. The molecule has 0 aliphatic carbocycles. The molecule has 4 aromatic rings. The fourth-order valence-electron chi connectivity index (χ4n) is 6.32. The highest BCUT2D eigenvalue weighted by Gasteiger charge is 2.42. The Morgan fingerprint density at radius 3 is 2.20 bits per heavy atom. The topological polar surface area (TPSA) is 206 Å². The van der Waals surface area contributed by atoms with Crippen LogP contribution in [0, 0.1) is 5.82 Å². The van der Waals surface area contributed by atoms with E-state index in [-0.39, 0.29) is 34.5 Å². The summed E-state index contributed by atoms with van der Waals surface area (Å²) in [6, 6.07) is 8.56. The number of carboxylic acid groups (broad SMARTS) is 2. The molecule has 14 nitrogen and oxygen atoms in total. The average molecular weight is 898 g/mol. The standard InChI is InChI=1S/C33H40FN5O5S2.2C2HF3O2/c1-20(2)30-36-24(18-45-30)31(42)39-14-15-44-33(19-39)9-12-38(13-10-33)17-22-5-3-4-21(27(22)34)8-11-35-16-26(41)23-6-7-25(40)28-29(23)46-32(43)37-28;2*3-2(4,5)1(6)7/h3-7,18,20,26,35,40-41H,8-17,19H2,1-2H3,(H,37,43);2*(H,6,7)/t26-;;/m0../s1. The molecule has 0 saturated carbocycles. The lowest BCUT2D eigenvalue weighted by molar-refractivity contribution is -0.193. The Bertz CT molecular complexity index is 2140. The number of phenolic OH excluding ortho intramolecular Hbond substituents is 1. The number of fused-ring (bicyclic) bond motifs is 1. The quantitative estimate of drug-likeness (QED) is 0.0844. The number of H-pyrrole nitrogens is 1. The summed E-state index contributed by atoms with van der Waals surface area (Å²) in [5.41, 5.74) is 2.26. The number of aliphatic carboxylic acids is 2. The lowest BCUT2D eigenvalue weighted by Crippen LogP contribution is -2.58. The van der Waals surface area contributed by atoms with Gasteiger partial charge in [0.2, 0.25) is 0 Å². The van der Waals surface area contributed by atoms with Crippen LogP contribution in [-0.4, -0.2) is 122 Å². The van der Waals surface area contributed by atoms with Crippen molar-refractivity contribution in [2.24, 2.45) is 0 Å². The minimum Gasteiger partial charge on any atom is -0.506 e. The van der Waals surface area contributed by atoms with Gasteiger partial charge in [-0.2, -0.15) is 26.3 Å². The summed E-state index contributed by atoms with van der Waals surface area (Å²) < 4.78 is 85.8. The van der Waals surface area contributed by atoms with Crippen LogP contribution in [-0.2, 0) is 27.3 Å². The number of benzene rings is 2. The molecule has 2 aliphatic heterocycles. The van der Waals surface area contributed by atoms with E-state index in [2.05, 4.69) is 34.0 Å².